The van der Waals surface area contributed by atoms with Crippen molar-refractivity contribution >= 4 is 15.9 Å². The molecule has 0 radical (unpaired) electrons. The van der Waals surface area contributed by atoms with Crippen molar-refractivity contribution in [1.29, 1.82) is 0 Å². The molecular weight excluding hydrogens is 302 g/mol. The standard InChI is InChI=1S/C16H18BrNO/c1-13-5-2-3-6-14(13)12-18-9-10-19-16-8-4-7-15(17)11-16/h2-8,11,18H,9-10,12H2,1H3. The highest BCUT2D eigenvalue weighted by molar-refractivity contribution is 9.10. The highest BCUT2D eigenvalue weighted by atomic mass is 79.9. The molecule has 2 aromatic carbocycles. The molecule has 0 aliphatic heterocycles. The van der Waals surface area contributed by atoms with E-state index in [2.05, 4.69) is 52.4 Å². The largest absolute Gasteiger partial charge is 0.492 e. The SMILES string of the molecule is Cc1ccccc1CNCCOc1cccc(Br)c1. The highest BCUT2D eigenvalue weighted by Crippen LogP contribution is 2.17. The first-order valence-corrected chi connectivity index (χ1v) is 7.18. The Bertz CT molecular complexity index is 528. The third-order valence-electron chi connectivity index (χ3n) is 2.92. The quantitative estimate of drug-likeness (QED) is 0.815. The second kappa shape index (κ2) is 7.31. The second-order valence-corrected chi connectivity index (χ2v) is 5.32. The van der Waals surface area contributed by atoms with Gasteiger partial charge in [0.05, 0.1) is 0 Å². The molecule has 2 rings (SSSR count). The van der Waals surface area contributed by atoms with Crippen LogP contribution in [-0.4, -0.2) is 13.2 Å². The summed E-state index contributed by atoms with van der Waals surface area (Å²) in [6, 6.07) is 16.3. The number of rotatable bonds is 6. The molecule has 2 nitrogen and oxygen atoms in total. The first-order valence-electron chi connectivity index (χ1n) is 6.39. The van der Waals surface area contributed by atoms with E-state index in [-0.39, 0.29) is 0 Å². The summed E-state index contributed by atoms with van der Waals surface area (Å²) in [4.78, 5) is 0. The lowest BCUT2D eigenvalue weighted by Gasteiger charge is -2.09. The van der Waals surface area contributed by atoms with Crippen LogP contribution in [0.2, 0.25) is 0 Å². The minimum Gasteiger partial charge on any atom is -0.492 e. The summed E-state index contributed by atoms with van der Waals surface area (Å²) in [6.07, 6.45) is 0. The van der Waals surface area contributed by atoms with Crippen LogP contribution in [0.5, 0.6) is 5.75 Å². The minimum atomic E-state index is 0.669. The van der Waals surface area contributed by atoms with Gasteiger partial charge < -0.3 is 10.1 Å². The van der Waals surface area contributed by atoms with Gasteiger partial charge in [-0.05, 0) is 36.2 Å². The number of aryl methyl sites for hydroxylation is 1. The molecule has 0 unspecified atom stereocenters. The van der Waals surface area contributed by atoms with Crippen molar-refractivity contribution in [3.8, 4) is 5.75 Å². The molecule has 0 fully saturated rings. The summed E-state index contributed by atoms with van der Waals surface area (Å²) in [6.45, 7) is 4.52. The number of hydrogen-bond acceptors (Lipinski definition) is 2. The Morgan fingerprint density at radius 3 is 2.74 bits per heavy atom. The molecule has 0 aliphatic rings. The predicted molar refractivity (Wildman–Crippen MR) is 82.5 cm³/mol. The molecule has 3 heteroatoms. The van der Waals surface area contributed by atoms with E-state index in [1.165, 1.54) is 11.1 Å². The van der Waals surface area contributed by atoms with Crippen LogP contribution in [0.15, 0.2) is 53.0 Å². The molecule has 2 aromatic rings. The molecule has 0 atom stereocenters. The first kappa shape index (κ1) is 14.1. The maximum atomic E-state index is 5.66. The fourth-order valence-electron chi connectivity index (χ4n) is 1.83. The zero-order chi connectivity index (χ0) is 13.5. The average Bonchev–Trinajstić information content (AvgIpc) is 2.40. The van der Waals surface area contributed by atoms with Gasteiger partial charge in [0.2, 0.25) is 0 Å². The summed E-state index contributed by atoms with van der Waals surface area (Å²) in [7, 11) is 0. The van der Waals surface area contributed by atoms with E-state index in [1.807, 2.05) is 24.3 Å². The first-order chi connectivity index (χ1) is 9.25. The third-order valence-corrected chi connectivity index (χ3v) is 3.41. The molecule has 19 heavy (non-hydrogen) atoms. The minimum absolute atomic E-state index is 0.669. The lowest BCUT2D eigenvalue weighted by molar-refractivity contribution is 0.313. The number of benzene rings is 2. The maximum absolute atomic E-state index is 5.66. The molecule has 1 N–H and O–H groups in total. The molecular formula is C16H18BrNO. The Balaban J connectivity index is 1.69. The Labute approximate surface area is 122 Å². The average molecular weight is 320 g/mol. The number of nitrogens with one attached hydrogen (secondary N) is 1. The molecule has 0 saturated carbocycles. The number of hydrogen-bond donors (Lipinski definition) is 1. The Morgan fingerprint density at radius 1 is 1.11 bits per heavy atom. The van der Waals surface area contributed by atoms with E-state index >= 15 is 0 Å². The van der Waals surface area contributed by atoms with Crippen molar-refractivity contribution in [3.05, 3.63) is 64.1 Å². The maximum Gasteiger partial charge on any atom is 0.120 e. The molecule has 0 amide bonds. The second-order valence-electron chi connectivity index (χ2n) is 4.41. The van der Waals surface area contributed by atoms with E-state index in [1.54, 1.807) is 0 Å². The van der Waals surface area contributed by atoms with Crippen molar-refractivity contribution in [1.82, 2.24) is 5.32 Å². The van der Waals surface area contributed by atoms with E-state index in [9.17, 15) is 0 Å². The Hall–Kier alpha value is -1.32. The summed E-state index contributed by atoms with van der Waals surface area (Å²) in [5.74, 6) is 0.895. The van der Waals surface area contributed by atoms with Crippen LogP contribution >= 0.6 is 15.9 Å². The molecule has 0 aromatic heterocycles. The van der Waals surface area contributed by atoms with Gasteiger partial charge in [-0.1, -0.05) is 46.3 Å². The normalized spacial score (nSPS) is 10.4. The van der Waals surface area contributed by atoms with Crippen LogP contribution in [0.3, 0.4) is 0 Å². The zero-order valence-electron chi connectivity index (χ0n) is 11.0. The van der Waals surface area contributed by atoms with Gasteiger partial charge in [-0.3, -0.25) is 0 Å². The molecule has 0 spiro atoms. The summed E-state index contributed by atoms with van der Waals surface area (Å²) in [5.41, 5.74) is 2.66. The lowest BCUT2D eigenvalue weighted by Crippen LogP contribution is -2.21. The van der Waals surface area contributed by atoms with Crippen molar-refractivity contribution in [2.45, 2.75) is 13.5 Å². The summed E-state index contributed by atoms with van der Waals surface area (Å²) >= 11 is 3.43. The summed E-state index contributed by atoms with van der Waals surface area (Å²) < 4.78 is 6.70. The van der Waals surface area contributed by atoms with Crippen molar-refractivity contribution in [3.63, 3.8) is 0 Å². The Morgan fingerprint density at radius 2 is 1.95 bits per heavy atom. The number of ether oxygens (including phenoxy) is 1. The monoisotopic (exact) mass is 319 g/mol. The lowest BCUT2D eigenvalue weighted by atomic mass is 10.1. The van der Waals surface area contributed by atoms with Crippen LogP contribution in [0, 0.1) is 6.92 Å². The van der Waals surface area contributed by atoms with Gasteiger partial charge >= 0.3 is 0 Å². The fraction of sp³-hybridized carbons (Fsp3) is 0.250. The third kappa shape index (κ3) is 4.69. The molecule has 0 saturated heterocycles. The van der Waals surface area contributed by atoms with E-state index in [0.717, 1.165) is 23.3 Å². The Kier molecular flexibility index (Phi) is 5.43. The van der Waals surface area contributed by atoms with Gasteiger partial charge in [-0.15, -0.1) is 0 Å². The molecule has 0 aliphatic carbocycles. The van der Waals surface area contributed by atoms with Gasteiger partial charge in [-0.2, -0.15) is 0 Å². The van der Waals surface area contributed by atoms with Gasteiger partial charge in [0, 0.05) is 17.6 Å². The summed E-state index contributed by atoms with van der Waals surface area (Å²) in [5, 5.41) is 3.39. The van der Waals surface area contributed by atoms with E-state index in [4.69, 9.17) is 4.74 Å². The van der Waals surface area contributed by atoms with Crippen LogP contribution < -0.4 is 10.1 Å². The van der Waals surface area contributed by atoms with Gasteiger partial charge in [0.1, 0.15) is 12.4 Å². The topological polar surface area (TPSA) is 21.3 Å². The zero-order valence-corrected chi connectivity index (χ0v) is 12.6. The molecule has 0 heterocycles. The van der Waals surface area contributed by atoms with Gasteiger partial charge in [-0.25, -0.2) is 0 Å². The smallest absolute Gasteiger partial charge is 0.120 e. The van der Waals surface area contributed by atoms with Crippen molar-refractivity contribution in [2.75, 3.05) is 13.2 Å². The van der Waals surface area contributed by atoms with Crippen LogP contribution in [0.4, 0.5) is 0 Å². The van der Waals surface area contributed by atoms with Crippen molar-refractivity contribution < 1.29 is 4.74 Å². The van der Waals surface area contributed by atoms with Crippen LogP contribution in [0.25, 0.3) is 0 Å². The molecule has 100 valence electrons. The highest BCUT2D eigenvalue weighted by Gasteiger charge is 1.97. The van der Waals surface area contributed by atoms with Crippen LogP contribution in [0.1, 0.15) is 11.1 Å². The van der Waals surface area contributed by atoms with Gasteiger partial charge in [0.15, 0.2) is 0 Å². The number of halogens is 1. The van der Waals surface area contributed by atoms with E-state index in [0.29, 0.717) is 6.61 Å². The fourth-order valence-corrected chi connectivity index (χ4v) is 2.21. The van der Waals surface area contributed by atoms with Crippen molar-refractivity contribution in [2.24, 2.45) is 0 Å². The van der Waals surface area contributed by atoms with Crippen LogP contribution in [-0.2, 0) is 6.54 Å². The van der Waals surface area contributed by atoms with Gasteiger partial charge in [0.25, 0.3) is 0 Å². The molecule has 0 bridgehead atoms. The van der Waals surface area contributed by atoms with E-state index < -0.39 is 0 Å². The predicted octanol–water partition coefficient (Wildman–Crippen LogP) is 3.93.